The van der Waals surface area contributed by atoms with Gasteiger partial charge in [0.05, 0.1) is 95.5 Å². The maximum Gasteiger partial charge on any atom is 0.494 e. The number of halogens is 1. The van der Waals surface area contributed by atoms with Crippen LogP contribution in [0.2, 0.25) is 0 Å². The molecule has 14 aromatic carbocycles. The van der Waals surface area contributed by atoms with Crippen LogP contribution >= 0.6 is 15.9 Å². The topological polar surface area (TPSA) is 120 Å². The highest BCUT2D eigenvalue weighted by atomic mass is 79.9. The number of benzene rings is 14. The maximum absolute atomic E-state index is 6.43. The molecule has 112 heavy (non-hydrogen) atoms. The number of rotatable bonds is 10. The van der Waals surface area contributed by atoms with Crippen molar-refractivity contribution in [3.8, 4) is 85.4 Å². The van der Waals surface area contributed by atoms with E-state index >= 15 is 0 Å². The number of imidazole rings is 3. The zero-order valence-corrected chi connectivity index (χ0v) is 63.2. The van der Waals surface area contributed by atoms with Crippen molar-refractivity contribution in [2.45, 2.75) is 38.9 Å². The van der Waals surface area contributed by atoms with Crippen molar-refractivity contribution in [3.05, 3.63) is 356 Å². The first-order valence-corrected chi connectivity index (χ1v) is 38.3. The summed E-state index contributed by atoms with van der Waals surface area (Å²) in [6.07, 6.45) is 0. The molecule has 0 spiro atoms. The fourth-order valence-electron chi connectivity index (χ4n) is 15.7. The van der Waals surface area contributed by atoms with Crippen molar-refractivity contribution in [2.24, 2.45) is 0 Å². The van der Waals surface area contributed by atoms with E-state index in [0.29, 0.717) is 17.5 Å². The molecule has 14 nitrogen and oxygen atoms in total. The van der Waals surface area contributed by atoms with Gasteiger partial charge in [0.25, 0.3) is 0 Å². The van der Waals surface area contributed by atoms with Gasteiger partial charge >= 0.3 is 7.12 Å². The van der Waals surface area contributed by atoms with E-state index in [1.54, 1.807) is 0 Å². The second-order valence-corrected chi connectivity index (χ2v) is 30.0. The lowest BCUT2D eigenvalue weighted by molar-refractivity contribution is 0.00578. The van der Waals surface area contributed by atoms with Crippen LogP contribution in [0.15, 0.2) is 356 Å². The molecule has 0 bridgehead atoms. The van der Waals surface area contributed by atoms with Gasteiger partial charge in [-0.25, -0.2) is 29.9 Å². The quantitative estimate of drug-likeness (QED) is 0.122. The van der Waals surface area contributed by atoms with Gasteiger partial charge in [-0.3, -0.25) is 13.7 Å². The average Bonchev–Trinajstić information content (AvgIpc) is 1.19. The van der Waals surface area contributed by atoms with Crippen molar-refractivity contribution in [2.75, 3.05) is 14.7 Å². The Bertz CT molecular complexity index is 6540. The van der Waals surface area contributed by atoms with Gasteiger partial charge in [-0.2, -0.15) is 0 Å². The number of hydrogen-bond acceptors (Lipinski definition) is 11. The largest absolute Gasteiger partial charge is 0.494 e. The first-order chi connectivity index (χ1) is 55.0. The Morgan fingerprint density at radius 1 is 0.259 bits per heavy atom. The molecular formula is C96H70BBrN12O2. The molecule has 4 aliphatic rings. The minimum Gasteiger partial charge on any atom is -0.399 e. The molecule has 4 aromatic heterocycles. The monoisotopic (exact) mass is 1510 g/mol. The number of aromatic nitrogens is 9. The normalized spacial score (nSPS) is 13.8. The average molecular weight is 1510 g/mol. The molecule has 0 unspecified atom stereocenters. The van der Waals surface area contributed by atoms with Crippen molar-refractivity contribution in [1.29, 1.82) is 0 Å². The third-order valence-corrected chi connectivity index (χ3v) is 22.2. The second-order valence-electron chi connectivity index (χ2n) is 29.1. The number of para-hydroxylation sites is 6. The van der Waals surface area contributed by atoms with Gasteiger partial charge in [-0.1, -0.05) is 246 Å². The molecular weight excluding hydrogens is 1440 g/mol. The van der Waals surface area contributed by atoms with Gasteiger partial charge in [0, 0.05) is 54.9 Å². The fourth-order valence-corrected chi connectivity index (χ4v) is 16.1. The van der Waals surface area contributed by atoms with E-state index in [1.165, 1.54) is 0 Å². The van der Waals surface area contributed by atoms with E-state index in [2.05, 4.69) is 327 Å². The number of anilines is 9. The standard InChI is InChI=1S/C40H26N6.C31H28BN3O2.C25H16BrN3/c1-5-14-27(15-6-1)37-42-38(28-16-7-2-8-17-28)44-39(43-37)30-24-25-33-35(26-30)45(31-20-11-4-12-21-31)34-23-13-22-32-36(34)46(33)40(41-32)29-18-9-3-10-19-29;1-30(2)31(3,4)37-32(36-30)22-18-19-25-27(20-22)34(23-14-9-6-10-15-23)26-17-11-16-24-28(26)35(25)29(33-24)21-12-7-5-8-13-21;26-18-14-15-21-23(16-18)28(19-10-5-2-6-11-19)22-13-7-12-20-24(22)29(21)25(27-20)17-8-3-1-4-9-17/h1-26H;5-20H,1-4H3;1-16H. The Morgan fingerprint density at radius 3 is 0.929 bits per heavy atom. The molecule has 16 heteroatoms. The summed E-state index contributed by atoms with van der Waals surface area (Å²) in [5, 5.41) is 0. The van der Waals surface area contributed by atoms with Crippen molar-refractivity contribution < 1.29 is 9.31 Å². The van der Waals surface area contributed by atoms with Crippen LogP contribution in [-0.2, 0) is 9.31 Å². The number of nitrogens with zero attached hydrogens (tertiary/aromatic N) is 12. The molecule has 0 amide bonds. The van der Waals surface area contributed by atoms with Crippen molar-refractivity contribution >= 4 is 113 Å². The third kappa shape index (κ3) is 11.6. The third-order valence-electron chi connectivity index (χ3n) is 21.7. The van der Waals surface area contributed by atoms with Gasteiger partial charge in [0.15, 0.2) is 17.5 Å². The van der Waals surface area contributed by atoms with Gasteiger partial charge < -0.3 is 24.0 Å². The molecule has 4 aliphatic heterocycles. The molecule has 536 valence electrons. The Labute approximate surface area is 656 Å². The molecule has 0 N–H and O–H groups in total. The Balaban J connectivity index is 0.000000112. The highest BCUT2D eigenvalue weighted by molar-refractivity contribution is 9.10. The molecule has 1 fully saturated rings. The molecule has 0 saturated carbocycles. The lowest BCUT2D eigenvalue weighted by atomic mass is 9.78. The van der Waals surface area contributed by atoms with E-state index < -0.39 is 18.3 Å². The van der Waals surface area contributed by atoms with E-state index in [1.807, 2.05) is 97.1 Å². The summed E-state index contributed by atoms with van der Waals surface area (Å²) in [7, 11) is -0.443. The molecule has 18 aromatic rings. The molecule has 0 aliphatic carbocycles. The molecule has 0 radical (unpaired) electrons. The van der Waals surface area contributed by atoms with Gasteiger partial charge in [0.1, 0.15) is 17.5 Å². The summed E-state index contributed by atoms with van der Waals surface area (Å²) in [5.74, 6) is 4.68. The Hall–Kier alpha value is -13.6. The molecule has 22 rings (SSSR count). The first kappa shape index (κ1) is 67.7. The summed E-state index contributed by atoms with van der Waals surface area (Å²) in [6.45, 7) is 8.36. The lowest BCUT2D eigenvalue weighted by Gasteiger charge is -2.33. The minimum absolute atomic E-state index is 0.406. The Kier molecular flexibility index (Phi) is 16.6. The Morgan fingerprint density at radius 2 is 0.562 bits per heavy atom. The SMILES string of the molecule is Brc1ccc2c(c1)N(c1ccccc1)c1cccc3nc(-c4ccccc4)n-2c13.CC1(C)OB(c2ccc3c(c2)N(c2ccccc2)c2cccc4nc(-c5ccccc5)n-3c24)OC1(C)C.c1ccc(-c2nc(-c3ccccc3)nc(-c3ccc4c(c3)N(c3ccccc3)c3cccc5nc(-c6ccccc6)n-4c35)n2)cc1. The van der Waals surface area contributed by atoms with E-state index in [0.717, 1.165) is 162 Å². The summed E-state index contributed by atoms with van der Waals surface area (Å²) in [6, 6.07) is 121. The van der Waals surface area contributed by atoms with Crippen LogP contribution < -0.4 is 20.2 Å². The molecule has 0 atom stereocenters. The highest BCUT2D eigenvalue weighted by Crippen LogP contribution is 2.53. The van der Waals surface area contributed by atoms with Crippen LogP contribution in [0.3, 0.4) is 0 Å². The summed E-state index contributed by atoms with van der Waals surface area (Å²) < 4.78 is 20.8. The summed E-state index contributed by atoms with van der Waals surface area (Å²) in [5.41, 5.74) is 25.4. The summed E-state index contributed by atoms with van der Waals surface area (Å²) in [4.78, 5) is 37.2. The van der Waals surface area contributed by atoms with Crippen LogP contribution in [0.5, 0.6) is 0 Å². The molecule has 1 saturated heterocycles. The predicted octanol–water partition coefficient (Wildman–Crippen LogP) is 23.7. The fraction of sp³-hybridized carbons (Fsp3) is 0.0625. The number of hydrogen-bond donors (Lipinski definition) is 0. The van der Waals surface area contributed by atoms with E-state index in [4.69, 9.17) is 39.2 Å². The maximum atomic E-state index is 6.43. The van der Waals surface area contributed by atoms with Crippen LogP contribution in [0, 0.1) is 0 Å². The van der Waals surface area contributed by atoms with E-state index in [-0.39, 0.29) is 0 Å². The zero-order chi connectivity index (χ0) is 75.2. The van der Waals surface area contributed by atoms with Gasteiger partial charge in [0.2, 0.25) is 0 Å². The van der Waals surface area contributed by atoms with Crippen molar-refractivity contribution in [3.63, 3.8) is 0 Å². The predicted molar refractivity (Wildman–Crippen MR) is 457 cm³/mol. The smallest absolute Gasteiger partial charge is 0.399 e. The van der Waals surface area contributed by atoms with Gasteiger partial charge in [-0.15, -0.1) is 0 Å². The van der Waals surface area contributed by atoms with Gasteiger partial charge in [-0.05, 0) is 154 Å². The summed E-state index contributed by atoms with van der Waals surface area (Å²) >= 11 is 3.67. The van der Waals surface area contributed by atoms with Crippen LogP contribution in [0.4, 0.5) is 51.2 Å². The lowest BCUT2D eigenvalue weighted by Crippen LogP contribution is -2.41. The molecule has 8 heterocycles. The van der Waals surface area contributed by atoms with Crippen molar-refractivity contribution in [1.82, 2.24) is 43.6 Å². The highest BCUT2D eigenvalue weighted by Gasteiger charge is 2.52. The number of fused-ring (bicyclic) bond motifs is 6. The van der Waals surface area contributed by atoms with Crippen LogP contribution in [-0.4, -0.2) is 61.9 Å². The second kappa shape index (κ2) is 27.5. The van der Waals surface area contributed by atoms with Crippen LogP contribution in [0.25, 0.3) is 118 Å². The van der Waals surface area contributed by atoms with Crippen LogP contribution in [0.1, 0.15) is 27.7 Å². The first-order valence-electron chi connectivity index (χ1n) is 37.5. The van der Waals surface area contributed by atoms with E-state index in [9.17, 15) is 0 Å². The zero-order valence-electron chi connectivity index (χ0n) is 61.6. The minimum atomic E-state index is -0.443.